The maximum atomic E-state index is 13.6. The van der Waals surface area contributed by atoms with Gasteiger partial charge in [0.05, 0.1) is 0 Å². The predicted octanol–water partition coefficient (Wildman–Crippen LogP) is 4.95. The molecule has 0 bridgehead atoms. The molecule has 0 fully saturated rings. The molecule has 0 radical (unpaired) electrons. The van der Waals surface area contributed by atoms with Crippen LogP contribution in [0.4, 0.5) is 4.39 Å². The zero-order valence-corrected chi connectivity index (χ0v) is 12.8. The Labute approximate surface area is 124 Å². The van der Waals surface area contributed by atoms with Crippen molar-refractivity contribution in [1.29, 1.82) is 0 Å². The fraction of sp³-hybridized carbons (Fsp3) is 0.294. The Kier molecular flexibility index (Phi) is 4.79. The van der Waals surface area contributed by atoms with Gasteiger partial charge in [0.2, 0.25) is 0 Å². The molecule has 0 saturated heterocycles. The maximum Gasteiger partial charge on any atom is 0.129 e. The molecule has 2 aromatic carbocycles. The maximum absolute atomic E-state index is 13.6. The van der Waals surface area contributed by atoms with E-state index in [-0.39, 0.29) is 11.9 Å². The summed E-state index contributed by atoms with van der Waals surface area (Å²) in [5, 5.41) is 4.18. The van der Waals surface area contributed by atoms with Crippen LogP contribution >= 0.6 is 11.6 Å². The standard InChI is InChI=1S/C17H19ClFN/c1-11-8-14(9-12(2)17(11)19)10-20-13(3)15-4-6-16(18)7-5-15/h4-9,13,20H,10H2,1-3H3. The Hall–Kier alpha value is -1.38. The minimum absolute atomic E-state index is 0.112. The van der Waals surface area contributed by atoms with Crippen molar-refractivity contribution in [2.45, 2.75) is 33.4 Å². The van der Waals surface area contributed by atoms with Crippen molar-refractivity contribution >= 4 is 11.6 Å². The minimum Gasteiger partial charge on any atom is -0.306 e. The number of rotatable bonds is 4. The Balaban J connectivity index is 2.03. The summed E-state index contributed by atoms with van der Waals surface area (Å²) in [4.78, 5) is 0. The summed E-state index contributed by atoms with van der Waals surface area (Å²) in [5.41, 5.74) is 3.68. The zero-order chi connectivity index (χ0) is 14.7. The molecule has 0 heterocycles. The summed E-state index contributed by atoms with van der Waals surface area (Å²) in [6.45, 7) is 6.42. The topological polar surface area (TPSA) is 12.0 Å². The molecule has 0 spiro atoms. The van der Waals surface area contributed by atoms with Crippen LogP contribution in [0.1, 0.15) is 35.2 Å². The summed E-state index contributed by atoms with van der Waals surface area (Å²) >= 11 is 5.88. The van der Waals surface area contributed by atoms with Gasteiger partial charge in [0.1, 0.15) is 5.82 Å². The molecule has 3 heteroatoms. The van der Waals surface area contributed by atoms with Crippen LogP contribution in [0.2, 0.25) is 5.02 Å². The fourth-order valence-electron chi connectivity index (χ4n) is 2.28. The zero-order valence-electron chi connectivity index (χ0n) is 12.0. The average molecular weight is 292 g/mol. The lowest BCUT2D eigenvalue weighted by molar-refractivity contribution is 0.570. The third-order valence-corrected chi connectivity index (χ3v) is 3.73. The van der Waals surface area contributed by atoms with E-state index in [1.807, 2.05) is 36.4 Å². The Bertz CT molecular complexity index is 569. The minimum atomic E-state index is -0.112. The van der Waals surface area contributed by atoms with E-state index in [1.54, 1.807) is 13.8 Å². The van der Waals surface area contributed by atoms with Crippen LogP contribution in [-0.2, 0) is 6.54 Å². The van der Waals surface area contributed by atoms with Gasteiger partial charge in [-0.25, -0.2) is 4.39 Å². The van der Waals surface area contributed by atoms with E-state index in [0.29, 0.717) is 17.7 Å². The predicted molar refractivity (Wildman–Crippen MR) is 82.6 cm³/mol. The van der Waals surface area contributed by atoms with Gasteiger partial charge in [0.25, 0.3) is 0 Å². The van der Waals surface area contributed by atoms with Crippen molar-refractivity contribution in [2.24, 2.45) is 0 Å². The van der Waals surface area contributed by atoms with Crippen LogP contribution < -0.4 is 5.32 Å². The van der Waals surface area contributed by atoms with E-state index in [2.05, 4.69) is 12.2 Å². The summed E-state index contributed by atoms with van der Waals surface area (Å²) < 4.78 is 13.6. The molecule has 2 aromatic rings. The second kappa shape index (κ2) is 6.38. The molecule has 2 rings (SSSR count). The first kappa shape index (κ1) is 15.0. The lowest BCUT2D eigenvalue weighted by Gasteiger charge is -2.15. The third kappa shape index (κ3) is 3.59. The SMILES string of the molecule is Cc1cc(CNC(C)c2ccc(Cl)cc2)cc(C)c1F. The van der Waals surface area contributed by atoms with Gasteiger partial charge in [0, 0.05) is 17.6 Å². The third-order valence-electron chi connectivity index (χ3n) is 3.48. The first-order chi connectivity index (χ1) is 9.47. The van der Waals surface area contributed by atoms with Crippen LogP contribution in [0.15, 0.2) is 36.4 Å². The van der Waals surface area contributed by atoms with Crippen molar-refractivity contribution in [3.8, 4) is 0 Å². The quantitative estimate of drug-likeness (QED) is 0.841. The fourth-order valence-corrected chi connectivity index (χ4v) is 2.40. The lowest BCUT2D eigenvalue weighted by atomic mass is 10.0. The number of nitrogens with one attached hydrogen (secondary N) is 1. The van der Waals surface area contributed by atoms with Crippen molar-refractivity contribution in [1.82, 2.24) is 5.32 Å². The summed E-state index contributed by atoms with van der Waals surface area (Å²) in [5.74, 6) is -0.112. The largest absolute Gasteiger partial charge is 0.306 e. The molecule has 0 aliphatic carbocycles. The molecule has 1 nitrogen and oxygen atoms in total. The molecule has 1 unspecified atom stereocenters. The van der Waals surface area contributed by atoms with Gasteiger partial charge in [-0.3, -0.25) is 0 Å². The molecule has 0 aliphatic heterocycles. The first-order valence-corrected chi connectivity index (χ1v) is 7.09. The van der Waals surface area contributed by atoms with Gasteiger partial charge in [-0.2, -0.15) is 0 Å². The second-order valence-electron chi connectivity index (χ2n) is 5.20. The van der Waals surface area contributed by atoms with Gasteiger partial charge in [-0.05, 0) is 55.2 Å². The number of hydrogen-bond acceptors (Lipinski definition) is 1. The van der Waals surface area contributed by atoms with E-state index in [4.69, 9.17) is 11.6 Å². The Morgan fingerprint density at radius 1 is 1.10 bits per heavy atom. The van der Waals surface area contributed by atoms with Gasteiger partial charge < -0.3 is 5.32 Å². The molecular weight excluding hydrogens is 273 g/mol. The Morgan fingerprint density at radius 3 is 2.20 bits per heavy atom. The van der Waals surface area contributed by atoms with E-state index in [0.717, 1.165) is 10.6 Å². The lowest BCUT2D eigenvalue weighted by Crippen LogP contribution is -2.18. The molecule has 0 amide bonds. The van der Waals surface area contributed by atoms with Gasteiger partial charge >= 0.3 is 0 Å². The Morgan fingerprint density at radius 2 is 1.65 bits per heavy atom. The molecule has 1 N–H and O–H groups in total. The average Bonchev–Trinajstić information content (AvgIpc) is 2.42. The number of hydrogen-bond donors (Lipinski definition) is 1. The smallest absolute Gasteiger partial charge is 0.129 e. The molecular formula is C17H19ClFN. The number of benzene rings is 2. The molecule has 20 heavy (non-hydrogen) atoms. The van der Waals surface area contributed by atoms with Crippen LogP contribution in [0.3, 0.4) is 0 Å². The number of aryl methyl sites for hydroxylation is 2. The van der Waals surface area contributed by atoms with Gasteiger partial charge in [-0.15, -0.1) is 0 Å². The molecule has 1 atom stereocenters. The van der Waals surface area contributed by atoms with Crippen LogP contribution in [0.25, 0.3) is 0 Å². The number of halogens is 2. The van der Waals surface area contributed by atoms with Crippen molar-refractivity contribution < 1.29 is 4.39 Å². The van der Waals surface area contributed by atoms with E-state index >= 15 is 0 Å². The van der Waals surface area contributed by atoms with Crippen LogP contribution in [-0.4, -0.2) is 0 Å². The summed E-state index contributed by atoms with van der Waals surface area (Å²) in [6.07, 6.45) is 0. The monoisotopic (exact) mass is 291 g/mol. The van der Waals surface area contributed by atoms with Crippen LogP contribution in [0, 0.1) is 19.7 Å². The van der Waals surface area contributed by atoms with Crippen molar-refractivity contribution in [3.05, 3.63) is 69.5 Å². The first-order valence-electron chi connectivity index (χ1n) is 6.72. The van der Waals surface area contributed by atoms with E-state index < -0.39 is 0 Å². The highest BCUT2D eigenvalue weighted by molar-refractivity contribution is 6.30. The summed E-state index contributed by atoms with van der Waals surface area (Å²) in [7, 11) is 0. The molecule has 106 valence electrons. The second-order valence-corrected chi connectivity index (χ2v) is 5.63. The highest BCUT2D eigenvalue weighted by Crippen LogP contribution is 2.18. The van der Waals surface area contributed by atoms with Crippen molar-refractivity contribution in [2.75, 3.05) is 0 Å². The highest BCUT2D eigenvalue weighted by Gasteiger charge is 2.07. The summed E-state index contributed by atoms with van der Waals surface area (Å²) in [6, 6.07) is 11.8. The molecule has 0 saturated carbocycles. The van der Waals surface area contributed by atoms with E-state index in [1.165, 1.54) is 5.56 Å². The van der Waals surface area contributed by atoms with Gasteiger partial charge in [-0.1, -0.05) is 35.9 Å². The normalized spacial score (nSPS) is 12.4. The molecule has 0 aromatic heterocycles. The highest BCUT2D eigenvalue weighted by atomic mass is 35.5. The molecule has 0 aliphatic rings. The van der Waals surface area contributed by atoms with E-state index in [9.17, 15) is 4.39 Å². The van der Waals surface area contributed by atoms with Gasteiger partial charge in [0.15, 0.2) is 0 Å². The van der Waals surface area contributed by atoms with Crippen molar-refractivity contribution in [3.63, 3.8) is 0 Å². The van der Waals surface area contributed by atoms with Crippen LogP contribution in [0.5, 0.6) is 0 Å².